The van der Waals surface area contributed by atoms with E-state index in [0.29, 0.717) is 16.8 Å². The number of nitrogens with zero attached hydrogens (tertiary/aromatic N) is 2. The van der Waals surface area contributed by atoms with Crippen LogP contribution in [0, 0.1) is 27.6 Å². The second-order valence-corrected chi connectivity index (χ2v) is 9.12. The minimum atomic E-state index is -2.25. The molecule has 0 unspecified atom stereocenters. The number of benzene rings is 3. The maximum absolute atomic E-state index is 8.21. The van der Waals surface area contributed by atoms with Crippen LogP contribution in [0.1, 0.15) is 26.5 Å². The smallest absolute Gasteiger partial charge is 0.228 e. The van der Waals surface area contributed by atoms with Crippen LogP contribution < -0.4 is 4.57 Å². The molecule has 6 aromatic rings. The van der Waals surface area contributed by atoms with Gasteiger partial charge in [-0.3, -0.25) is 0 Å². The first-order valence-electron chi connectivity index (χ1n) is 13.0. The molecule has 3 aromatic heterocycles. The topological polar surface area (TPSA) is 29.9 Å². The van der Waals surface area contributed by atoms with Gasteiger partial charge in [0.2, 0.25) is 11.4 Å². The van der Waals surface area contributed by atoms with Gasteiger partial charge in [-0.25, -0.2) is 9.55 Å². The lowest BCUT2D eigenvalue weighted by Gasteiger charge is -2.10. The van der Waals surface area contributed by atoms with Gasteiger partial charge in [0, 0.05) is 32.2 Å². The van der Waals surface area contributed by atoms with Crippen LogP contribution in [0.5, 0.6) is 0 Å². The Morgan fingerprint density at radius 1 is 0.853 bits per heavy atom. The Balaban J connectivity index is 1.70. The van der Waals surface area contributed by atoms with Crippen molar-refractivity contribution in [2.45, 2.75) is 27.6 Å². The largest absolute Gasteiger partial charge is 0.437 e. The first-order valence-corrected chi connectivity index (χ1v) is 11.5. The third kappa shape index (κ3) is 3.04. The fraction of sp³-hybridized carbons (Fsp3) is 0.161. The Labute approximate surface area is 203 Å². The SMILES string of the molecule is [2H]C([2H])([2H])c1c[n+](C)c(-c2c(C)ccc3c2oc2nc(C)c4ccccc4c23)cc1-c1ccc(C)cc1. The lowest BCUT2D eigenvalue weighted by molar-refractivity contribution is -0.660. The Bertz CT molecular complexity index is 1850. The van der Waals surface area contributed by atoms with Crippen LogP contribution in [0.3, 0.4) is 0 Å². The average Bonchev–Trinajstić information content (AvgIpc) is 3.22. The van der Waals surface area contributed by atoms with E-state index in [9.17, 15) is 0 Å². The molecular weight excluding hydrogens is 416 g/mol. The van der Waals surface area contributed by atoms with Crippen LogP contribution in [0.15, 0.2) is 77.3 Å². The Kier molecular flexibility index (Phi) is 3.87. The molecule has 0 aliphatic carbocycles. The summed E-state index contributed by atoms with van der Waals surface area (Å²) >= 11 is 0. The van der Waals surface area contributed by atoms with Crippen molar-refractivity contribution >= 4 is 32.8 Å². The highest BCUT2D eigenvalue weighted by atomic mass is 16.3. The van der Waals surface area contributed by atoms with E-state index in [4.69, 9.17) is 13.5 Å². The van der Waals surface area contributed by atoms with Crippen LogP contribution >= 0.6 is 0 Å². The molecule has 6 rings (SSSR count). The van der Waals surface area contributed by atoms with Crippen molar-refractivity contribution in [2.75, 3.05) is 0 Å². The van der Waals surface area contributed by atoms with Gasteiger partial charge in [0.25, 0.3) is 0 Å². The van der Waals surface area contributed by atoms with Crippen molar-refractivity contribution < 1.29 is 13.1 Å². The van der Waals surface area contributed by atoms with Gasteiger partial charge in [-0.05, 0) is 49.7 Å². The van der Waals surface area contributed by atoms with Crippen molar-refractivity contribution in [1.82, 2.24) is 4.98 Å². The molecule has 3 nitrogen and oxygen atoms in total. The number of aryl methyl sites for hydroxylation is 5. The van der Waals surface area contributed by atoms with Crippen LogP contribution in [-0.4, -0.2) is 4.98 Å². The van der Waals surface area contributed by atoms with E-state index >= 15 is 0 Å². The Morgan fingerprint density at radius 2 is 1.62 bits per heavy atom. The minimum Gasteiger partial charge on any atom is -0.437 e. The van der Waals surface area contributed by atoms with E-state index in [1.807, 2.05) is 67.9 Å². The Morgan fingerprint density at radius 3 is 2.38 bits per heavy atom. The number of pyridine rings is 2. The maximum Gasteiger partial charge on any atom is 0.228 e. The molecule has 166 valence electrons. The fourth-order valence-electron chi connectivity index (χ4n) is 5.00. The van der Waals surface area contributed by atoms with Gasteiger partial charge in [0.1, 0.15) is 7.05 Å². The highest BCUT2D eigenvalue weighted by Gasteiger charge is 2.24. The normalized spacial score (nSPS) is 13.4. The molecule has 0 saturated heterocycles. The zero-order valence-corrected chi connectivity index (χ0v) is 19.7. The molecule has 0 spiro atoms. The second kappa shape index (κ2) is 7.53. The quantitative estimate of drug-likeness (QED) is 0.257. The zero-order valence-electron chi connectivity index (χ0n) is 22.7. The van der Waals surface area contributed by atoms with Gasteiger partial charge in [-0.15, -0.1) is 0 Å². The third-order valence-electron chi connectivity index (χ3n) is 6.80. The molecule has 3 heteroatoms. The number of rotatable bonds is 2. The first-order chi connectivity index (χ1) is 17.6. The molecule has 0 aliphatic heterocycles. The van der Waals surface area contributed by atoms with Crippen LogP contribution in [0.4, 0.5) is 0 Å². The van der Waals surface area contributed by atoms with Crippen molar-refractivity contribution in [3.8, 4) is 22.4 Å². The predicted octanol–water partition coefficient (Wildman–Crippen LogP) is 7.53. The standard InChI is InChI=1S/C31H27N2O/c1-18-10-13-22(14-11-18)26-16-27(33(5)17-20(26)3)28-19(2)12-15-25-29-24-9-7-6-8-23(24)21(4)32-31(29)34-30(25)28/h6-17H,1-5H3/q+1/i3D3. The number of furan rings is 1. The van der Waals surface area contributed by atoms with E-state index in [0.717, 1.165) is 60.8 Å². The fourth-order valence-corrected chi connectivity index (χ4v) is 5.00. The molecule has 0 N–H and O–H groups in total. The molecule has 0 radical (unpaired) electrons. The maximum atomic E-state index is 8.21. The summed E-state index contributed by atoms with van der Waals surface area (Å²) in [6.45, 7) is 3.83. The molecule has 0 saturated carbocycles. The molecule has 34 heavy (non-hydrogen) atoms. The summed E-state index contributed by atoms with van der Waals surface area (Å²) in [5.74, 6) is 0. The highest BCUT2D eigenvalue weighted by Crippen LogP contribution is 2.40. The van der Waals surface area contributed by atoms with Gasteiger partial charge < -0.3 is 4.42 Å². The molecule has 0 atom stereocenters. The molecule has 0 fully saturated rings. The summed E-state index contributed by atoms with van der Waals surface area (Å²) in [6, 6.07) is 22.4. The van der Waals surface area contributed by atoms with Crippen molar-refractivity contribution in [3.63, 3.8) is 0 Å². The predicted molar refractivity (Wildman–Crippen MR) is 140 cm³/mol. The summed E-state index contributed by atoms with van der Waals surface area (Å²) in [5, 5.41) is 4.21. The molecule has 0 amide bonds. The van der Waals surface area contributed by atoms with E-state index < -0.39 is 6.85 Å². The molecule has 0 bridgehead atoms. The molecular formula is C31H27N2O+. The number of hydrogen-bond acceptors (Lipinski definition) is 2. The van der Waals surface area contributed by atoms with Gasteiger partial charge in [0.05, 0.1) is 10.9 Å². The summed E-state index contributed by atoms with van der Waals surface area (Å²) < 4.78 is 33.0. The third-order valence-corrected chi connectivity index (χ3v) is 6.80. The van der Waals surface area contributed by atoms with Crippen molar-refractivity contribution in [1.29, 1.82) is 0 Å². The van der Waals surface area contributed by atoms with Crippen molar-refractivity contribution in [3.05, 3.63) is 95.3 Å². The monoisotopic (exact) mass is 446 g/mol. The van der Waals surface area contributed by atoms with Gasteiger partial charge in [-0.2, -0.15) is 0 Å². The molecule has 3 aromatic carbocycles. The van der Waals surface area contributed by atoms with Crippen LogP contribution in [0.25, 0.3) is 55.2 Å². The average molecular weight is 447 g/mol. The molecule has 0 aliphatic rings. The molecule has 3 heterocycles. The number of aromatic nitrogens is 2. The van der Waals surface area contributed by atoms with E-state index in [1.54, 1.807) is 6.20 Å². The Hall–Kier alpha value is -3.98. The van der Waals surface area contributed by atoms with E-state index in [2.05, 4.69) is 31.2 Å². The van der Waals surface area contributed by atoms with Gasteiger partial charge in [-0.1, -0.05) is 66.2 Å². The van der Waals surface area contributed by atoms with Gasteiger partial charge >= 0.3 is 0 Å². The minimum absolute atomic E-state index is 0.320. The first kappa shape index (κ1) is 17.5. The van der Waals surface area contributed by atoms with E-state index in [-0.39, 0.29) is 0 Å². The van der Waals surface area contributed by atoms with Crippen LogP contribution in [-0.2, 0) is 7.05 Å². The lowest BCUT2D eigenvalue weighted by atomic mass is 9.95. The summed E-state index contributed by atoms with van der Waals surface area (Å²) in [4.78, 5) is 4.80. The summed E-state index contributed by atoms with van der Waals surface area (Å²) in [7, 11) is 1.89. The summed E-state index contributed by atoms with van der Waals surface area (Å²) in [5.41, 5.74) is 8.16. The number of fused-ring (bicyclic) bond motifs is 5. The van der Waals surface area contributed by atoms with Crippen LogP contribution in [0.2, 0.25) is 0 Å². The highest BCUT2D eigenvalue weighted by molar-refractivity contribution is 6.20. The van der Waals surface area contributed by atoms with Gasteiger partial charge in [0.15, 0.2) is 11.8 Å². The second-order valence-electron chi connectivity index (χ2n) is 9.12. The lowest BCUT2D eigenvalue weighted by Crippen LogP contribution is -2.31. The zero-order chi connectivity index (χ0) is 26.1. The van der Waals surface area contributed by atoms with Crippen molar-refractivity contribution in [2.24, 2.45) is 7.05 Å². The number of hydrogen-bond donors (Lipinski definition) is 0. The van der Waals surface area contributed by atoms with E-state index in [1.165, 1.54) is 0 Å². The summed E-state index contributed by atoms with van der Waals surface area (Å²) in [6.07, 6.45) is 1.73.